The lowest BCUT2D eigenvalue weighted by Gasteiger charge is -2.02. The first-order chi connectivity index (χ1) is 4.35. The van der Waals surface area contributed by atoms with Crippen molar-refractivity contribution in [1.82, 2.24) is 10.6 Å². The second-order valence-electron chi connectivity index (χ2n) is 1.33. The zero-order chi connectivity index (χ0) is 7.11. The molecule has 0 saturated carbocycles. The van der Waals surface area contributed by atoms with Crippen LogP contribution in [0.15, 0.2) is 24.9 Å². The summed E-state index contributed by atoms with van der Waals surface area (Å²) in [5, 5.41) is 5.58. The average Bonchev–Trinajstić information content (AvgIpc) is 1.91. The van der Waals surface area contributed by atoms with Crippen molar-refractivity contribution in [3.8, 4) is 0 Å². The van der Waals surface area contributed by atoms with Gasteiger partial charge in [-0.3, -0.25) is 0 Å². The molecule has 0 aliphatic carbocycles. The minimum Gasteiger partial charge on any atom is -0.482 e. The Labute approximate surface area is 55.4 Å². The van der Waals surface area contributed by atoms with Gasteiger partial charge in [0.15, 0.2) is 0 Å². The first-order valence-electron chi connectivity index (χ1n) is 2.64. The Morgan fingerprint density at radius 3 is 2.67 bits per heavy atom. The van der Waals surface area contributed by atoms with Gasteiger partial charge in [0.2, 0.25) is 5.88 Å². The maximum atomic E-state index is 4.84. The molecule has 3 nitrogen and oxygen atoms in total. The third-order valence-corrected chi connectivity index (χ3v) is 0.799. The molecule has 0 amide bonds. The maximum absolute atomic E-state index is 4.84. The van der Waals surface area contributed by atoms with E-state index in [1.807, 2.05) is 0 Å². The molecule has 0 aromatic rings. The van der Waals surface area contributed by atoms with E-state index in [0.29, 0.717) is 5.88 Å². The highest BCUT2D eigenvalue weighted by atomic mass is 16.5. The molecule has 0 radical (unpaired) electrons. The monoisotopic (exact) mass is 128 g/mol. The molecule has 0 spiro atoms. The van der Waals surface area contributed by atoms with Crippen LogP contribution in [-0.4, -0.2) is 14.2 Å². The van der Waals surface area contributed by atoms with Gasteiger partial charge in [0.25, 0.3) is 0 Å². The molecule has 0 aliphatic rings. The molecule has 0 heterocycles. The normalized spacial score (nSPS) is 10.2. The van der Waals surface area contributed by atoms with Crippen molar-refractivity contribution < 1.29 is 4.74 Å². The molecule has 0 aromatic carbocycles. The number of hydrogen-bond donors (Lipinski definition) is 2. The Morgan fingerprint density at radius 1 is 1.67 bits per heavy atom. The lowest BCUT2D eigenvalue weighted by atomic mass is 10.7. The lowest BCUT2D eigenvalue weighted by molar-refractivity contribution is 0.266. The van der Waals surface area contributed by atoms with E-state index in [1.54, 1.807) is 26.6 Å². The third kappa shape index (κ3) is 3.46. The van der Waals surface area contributed by atoms with E-state index in [4.69, 9.17) is 4.74 Å². The minimum absolute atomic E-state index is 0.676. The SMILES string of the molecule is C=CN/C=C(/NC)OC. The maximum Gasteiger partial charge on any atom is 0.202 e. The van der Waals surface area contributed by atoms with E-state index in [9.17, 15) is 0 Å². The van der Waals surface area contributed by atoms with Crippen LogP contribution >= 0.6 is 0 Å². The number of methoxy groups -OCH3 is 1. The van der Waals surface area contributed by atoms with E-state index in [0.717, 1.165) is 0 Å². The van der Waals surface area contributed by atoms with Crippen LogP contribution in [0.3, 0.4) is 0 Å². The summed E-state index contributed by atoms with van der Waals surface area (Å²) in [6, 6.07) is 0. The second kappa shape index (κ2) is 5.03. The molecule has 0 aromatic heterocycles. The van der Waals surface area contributed by atoms with Crippen molar-refractivity contribution in [2.24, 2.45) is 0 Å². The minimum atomic E-state index is 0.676. The van der Waals surface area contributed by atoms with Crippen molar-refractivity contribution in [3.05, 3.63) is 24.9 Å². The molecule has 0 saturated heterocycles. The summed E-state index contributed by atoms with van der Waals surface area (Å²) in [7, 11) is 3.37. The van der Waals surface area contributed by atoms with Gasteiger partial charge in [-0.15, -0.1) is 0 Å². The van der Waals surface area contributed by atoms with Gasteiger partial charge in [-0.25, -0.2) is 0 Å². The van der Waals surface area contributed by atoms with Crippen LogP contribution in [0.1, 0.15) is 0 Å². The Kier molecular flexibility index (Phi) is 4.40. The molecule has 0 bridgehead atoms. The molecular formula is C6H12N2O. The molecule has 0 unspecified atom stereocenters. The standard InChI is InChI=1S/C6H12N2O/c1-4-8-5-6(7-2)9-3/h4-5,7-8H,1H2,2-3H3/b6-5-. The highest BCUT2D eigenvalue weighted by Crippen LogP contribution is 1.82. The number of hydrogen-bond acceptors (Lipinski definition) is 3. The Balaban J connectivity index is 3.60. The third-order valence-electron chi connectivity index (χ3n) is 0.799. The molecule has 0 rings (SSSR count). The Bertz CT molecular complexity index is 104. The van der Waals surface area contributed by atoms with Crippen LogP contribution in [0.4, 0.5) is 0 Å². The molecular weight excluding hydrogens is 116 g/mol. The van der Waals surface area contributed by atoms with E-state index in [2.05, 4.69) is 17.2 Å². The van der Waals surface area contributed by atoms with E-state index in [-0.39, 0.29) is 0 Å². The largest absolute Gasteiger partial charge is 0.482 e. The van der Waals surface area contributed by atoms with Crippen molar-refractivity contribution in [1.29, 1.82) is 0 Å². The van der Waals surface area contributed by atoms with Crippen LogP contribution in [0.5, 0.6) is 0 Å². The van der Waals surface area contributed by atoms with Gasteiger partial charge in [0, 0.05) is 7.05 Å². The fourth-order valence-corrected chi connectivity index (χ4v) is 0.368. The van der Waals surface area contributed by atoms with Gasteiger partial charge >= 0.3 is 0 Å². The van der Waals surface area contributed by atoms with E-state index >= 15 is 0 Å². The van der Waals surface area contributed by atoms with E-state index < -0.39 is 0 Å². The Hall–Kier alpha value is -1.12. The summed E-state index contributed by atoms with van der Waals surface area (Å²) < 4.78 is 4.84. The first-order valence-corrected chi connectivity index (χ1v) is 2.64. The van der Waals surface area contributed by atoms with Crippen LogP contribution in [0.2, 0.25) is 0 Å². The average molecular weight is 128 g/mol. The van der Waals surface area contributed by atoms with Crippen LogP contribution in [0.25, 0.3) is 0 Å². The van der Waals surface area contributed by atoms with Crippen molar-refractivity contribution >= 4 is 0 Å². The zero-order valence-electron chi connectivity index (χ0n) is 5.77. The fourth-order valence-electron chi connectivity index (χ4n) is 0.368. The Morgan fingerprint density at radius 2 is 2.33 bits per heavy atom. The van der Waals surface area contributed by atoms with Gasteiger partial charge in [-0.2, -0.15) is 0 Å². The van der Waals surface area contributed by atoms with Crippen LogP contribution in [0, 0.1) is 0 Å². The molecule has 3 heteroatoms. The zero-order valence-corrected chi connectivity index (χ0v) is 5.77. The second-order valence-corrected chi connectivity index (χ2v) is 1.33. The number of rotatable bonds is 4. The van der Waals surface area contributed by atoms with Gasteiger partial charge in [0.05, 0.1) is 13.3 Å². The molecule has 0 atom stereocenters. The molecule has 52 valence electrons. The van der Waals surface area contributed by atoms with Gasteiger partial charge in [-0.05, 0) is 6.20 Å². The number of ether oxygens (including phenoxy) is 1. The van der Waals surface area contributed by atoms with Crippen molar-refractivity contribution in [2.75, 3.05) is 14.2 Å². The van der Waals surface area contributed by atoms with Gasteiger partial charge in [0.1, 0.15) is 0 Å². The summed E-state index contributed by atoms with van der Waals surface area (Å²) in [6.45, 7) is 3.46. The predicted molar refractivity (Wildman–Crippen MR) is 37.5 cm³/mol. The fraction of sp³-hybridized carbons (Fsp3) is 0.333. The summed E-state index contributed by atoms with van der Waals surface area (Å²) >= 11 is 0. The molecule has 0 aliphatic heterocycles. The summed E-state index contributed by atoms with van der Waals surface area (Å²) in [5.41, 5.74) is 0. The smallest absolute Gasteiger partial charge is 0.202 e. The highest BCUT2D eigenvalue weighted by molar-refractivity contribution is 4.89. The van der Waals surface area contributed by atoms with Gasteiger partial charge < -0.3 is 15.4 Å². The first kappa shape index (κ1) is 7.88. The van der Waals surface area contributed by atoms with Crippen LogP contribution in [-0.2, 0) is 4.74 Å². The number of nitrogens with one attached hydrogen (secondary N) is 2. The molecule has 2 N–H and O–H groups in total. The van der Waals surface area contributed by atoms with Crippen LogP contribution < -0.4 is 10.6 Å². The molecule has 9 heavy (non-hydrogen) atoms. The van der Waals surface area contributed by atoms with Crippen molar-refractivity contribution in [2.45, 2.75) is 0 Å². The summed E-state index contributed by atoms with van der Waals surface area (Å²) in [5.74, 6) is 0.676. The molecule has 0 fully saturated rings. The van der Waals surface area contributed by atoms with Crippen molar-refractivity contribution in [3.63, 3.8) is 0 Å². The predicted octanol–water partition coefficient (Wildman–Crippen LogP) is 0.384. The topological polar surface area (TPSA) is 33.3 Å². The highest BCUT2D eigenvalue weighted by Gasteiger charge is 1.83. The summed E-state index contributed by atoms with van der Waals surface area (Å²) in [4.78, 5) is 0. The van der Waals surface area contributed by atoms with Gasteiger partial charge in [-0.1, -0.05) is 6.58 Å². The quantitative estimate of drug-likeness (QED) is 0.537. The summed E-state index contributed by atoms with van der Waals surface area (Å²) in [6.07, 6.45) is 3.24. The van der Waals surface area contributed by atoms with E-state index in [1.165, 1.54) is 0 Å². The lowest BCUT2D eigenvalue weighted by Crippen LogP contribution is -2.10.